The van der Waals surface area contributed by atoms with Crippen LogP contribution in [0.3, 0.4) is 0 Å². The second-order valence-electron chi connectivity index (χ2n) is 12.3. The van der Waals surface area contributed by atoms with Crippen LogP contribution in [-0.4, -0.2) is 36.2 Å². The van der Waals surface area contributed by atoms with E-state index >= 15 is 0 Å². The number of Topliss-reactive ketones (excluding diaryl/α,β-unsaturated/α-hetero) is 2. The first-order valence-electron chi connectivity index (χ1n) is 13.8. The Morgan fingerprint density at radius 1 is 0.865 bits per heavy atom. The molecule has 0 saturated heterocycles. The van der Waals surface area contributed by atoms with E-state index in [-0.39, 0.29) is 22.4 Å². The second kappa shape index (κ2) is 10.5. The third-order valence-electron chi connectivity index (χ3n) is 7.58. The van der Waals surface area contributed by atoms with E-state index in [1.807, 2.05) is 26.0 Å². The molecule has 5 nitrogen and oxygen atoms in total. The highest BCUT2D eigenvalue weighted by Gasteiger charge is 2.49. The molecule has 0 bridgehead atoms. The van der Waals surface area contributed by atoms with Crippen LogP contribution in [0.2, 0.25) is 5.02 Å². The van der Waals surface area contributed by atoms with Gasteiger partial charge >= 0.3 is 0 Å². The highest BCUT2D eigenvalue weighted by atomic mass is 35.5. The summed E-state index contributed by atoms with van der Waals surface area (Å²) >= 11 is 6.80. The van der Waals surface area contributed by atoms with Crippen LogP contribution in [0.5, 0.6) is 11.5 Å². The largest absolute Gasteiger partial charge is 0.490 e. The van der Waals surface area contributed by atoms with Gasteiger partial charge in [0.25, 0.3) is 0 Å². The maximum atomic E-state index is 13.9. The summed E-state index contributed by atoms with van der Waals surface area (Å²) in [4.78, 5) is 30.1. The topological polar surface area (TPSA) is 55.8 Å². The molecule has 0 amide bonds. The minimum absolute atomic E-state index is 0.127. The Bertz CT molecular complexity index is 1110. The molecule has 0 fully saturated rings. The van der Waals surface area contributed by atoms with Gasteiger partial charge in [0.15, 0.2) is 23.1 Å². The molecule has 0 atom stereocenters. The van der Waals surface area contributed by atoms with Crippen LogP contribution >= 0.6 is 11.6 Å². The molecule has 4 rings (SSSR count). The van der Waals surface area contributed by atoms with Crippen LogP contribution in [0.15, 0.2) is 34.7 Å². The van der Waals surface area contributed by atoms with E-state index in [0.29, 0.717) is 42.6 Å². The summed E-state index contributed by atoms with van der Waals surface area (Å²) in [6, 6.07) is 3.82. The predicted molar refractivity (Wildman–Crippen MR) is 148 cm³/mol. The summed E-state index contributed by atoms with van der Waals surface area (Å²) in [5.41, 5.74) is 4.25. The molecule has 1 aromatic rings. The fourth-order valence-corrected chi connectivity index (χ4v) is 6.51. The number of benzene rings is 1. The Morgan fingerprint density at radius 3 is 1.92 bits per heavy atom. The number of ether oxygens (including phenoxy) is 2. The van der Waals surface area contributed by atoms with E-state index < -0.39 is 5.92 Å². The lowest BCUT2D eigenvalue weighted by molar-refractivity contribution is -0.119. The van der Waals surface area contributed by atoms with Crippen molar-refractivity contribution in [1.82, 2.24) is 4.90 Å². The van der Waals surface area contributed by atoms with Crippen molar-refractivity contribution in [3.05, 3.63) is 45.3 Å². The molecule has 0 spiro atoms. The molecule has 0 saturated carbocycles. The van der Waals surface area contributed by atoms with Gasteiger partial charge in [-0.3, -0.25) is 9.59 Å². The van der Waals surface area contributed by atoms with Gasteiger partial charge in [-0.1, -0.05) is 53.1 Å². The number of allylic oxidation sites excluding steroid dienone is 4. The fourth-order valence-electron chi connectivity index (χ4n) is 6.24. The summed E-state index contributed by atoms with van der Waals surface area (Å²) in [7, 11) is 0. The molecule has 1 aliphatic heterocycles. The quantitative estimate of drug-likeness (QED) is 0.348. The maximum Gasteiger partial charge on any atom is 0.179 e. The first-order chi connectivity index (χ1) is 17.4. The Balaban J connectivity index is 1.98. The van der Waals surface area contributed by atoms with Gasteiger partial charge in [0.2, 0.25) is 0 Å². The number of rotatable bonds is 8. The van der Waals surface area contributed by atoms with Crippen molar-refractivity contribution in [2.75, 3.05) is 19.8 Å². The van der Waals surface area contributed by atoms with E-state index in [9.17, 15) is 9.59 Å². The van der Waals surface area contributed by atoms with Crippen LogP contribution in [0.4, 0.5) is 0 Å². The Morgan fingerprint density at radius 2 is 1.43 bits per heavy atom. The molecule has 0 N–H and O–H groups in total. The SMILES string of the molecule is CCCOc1c(Cl)cc(C2C3=C(CC(C)(C)CC3=O)N(CCC)C3=C2C(=O)CC(C)(C)C3)cc1OCC. The van der Waals surface area contributed by atoms with Crippen LogP contribution < -0.4 is 9.47 Å². The zero-order valence-electron chi connectivity index (χ0n) is 23.6. The molecule has 6 heteroatoms. The van der Waals surface area contributed by atoms with Crippen LogP contribution in [0.1, 0.15) is 98.5 Å². The maximum absolute atomic E-state index is 13.9. The van der Waals surface area contributed by atoms with Crippen molar-refractivity contribution < 1.29 is 19.1 Å². The zero-order valence-corrected chi connectivity index (χ0v) is 24.3. The average Bonchev–Trinajstić information content (AvgIpc) is 2.78. The summed E-state index contributed by atoms with van der Waals surface area (Å²) in [6.07, 6.45) is 4.33. The van der Waals surface area contributed by atoms with Gasteiger partial charge in [0.1, 0.15) is 0 Å². The molecule has 1 aromatic carbocycles. The Hall–Kier alpha value is -2.27. The number of halogens is 1. The third-order valence-corrected chi connectivity index (χ3v) is 7.87. The first-order valence-corrected chi connectivity index (χ1v) is 14.2. The minimum Gasteiger partial charge on any atom is -0.490 e. The number of ketones is 2. The van der Waals surface area contributed by atoms with Gasteiger partial charge in [-0.2, -0.15) is 0 Å². The van der Waals surface area contributed by atoms with Crippen molar-refractivity contribution >= 4 is 23.2 Å². The van der Waals surface area contributed by atoms with E-state index in [2.05, 4.69) is 39.5 Å². The number of carbonyl (C=O) groups excluding carboxylic acids is 2. The average molecular weight is 528 g/mol. The van der Waals surface area contributed by atoms with Gasteiger partial charge in [0.05, 0.1) is 18.2 Å². The third kappa shape index (κ3) is 5.34. The first kappa shape index (κ1) is 27.8. The monoisotopic (exact) mass is 527 g/mol. The summed E-state index contributed by atoms with van der Waals surface area (Å²) < 4.78 is 11.9. The minimum atomic E-state index is -0.442. The number of hydrogen-bond donors (Lipinski definition) is 0. The van der Waals surface area contributed by atoms with Crippen LogP contribution in [0, 0.1) is 10.8 Å². The lowest BCUT2D eigenvalue weighted by Gasteiger charge is -2.49. The molecule has 0 aromatic heterocycles. The highest BCUT2D eigenvalue weighted by Crippen LogP contribution is 2.55. The van der Waals surface area contributed by atoms with Crippen LogP contribution in [0.25, 0.3) is 0 Å². The van der Waals surface area contributed by atoms with Gasteiger partial charge in [0, 0.05) is 47.8 Å². The fraction of sp³-hybridized carbons (Fsp3) is 0.613. The lowest BCUT2D eigenvalue weighted by Crippen LogP contribution is -2.44. The number of hydrogen-bond acceptors (Lipinski definition) is 5. The van der Waals surface area contributed by atoms with E-state index in [4.69, 9.17) is 21.1 Å². The van der Waals surface area contributed by atoms with Gasteiger partial charge in [-0.25, -0.2) is 0 Å². The molecule has 202 valence electrons. The van der Waals surface area contributed by atoms with Crippen LogP contribution in [-0.2, 0) is 9.59 Å². The van der Waals surface area contributed by atoms with Crippen molar-refractivity contribution in [3.63, 3.8) is 0 Å². The van der Waals surface area contributed by atoms with E-state index in [1.165, 1.54) is 0 Å². The Kier molecular flexibility index (Phi) is 7.86. The van der Waals surface area contributed by atoms with Crippen molar-refractivity contribution in [3.8, 4) is 11.5 Å². The summed E-state index contributed by atoms with van der Waals surface area (Å²) in [6.45, 7) is 16.6. The second-order valence-corrected chi connectivity index (χ2v) is 12.7. The molecule has 2 aliphatic carbocycles. The highest BCUT2D eigenvalue weighted by molar-refractivity contribution is 6.32. The van der Waals surface area contributed by atoms with Gasteiger partial charge in [-0.05, 0) is 61.1 Å². The molecular weight excluding hydrogens is 486 g/mol. The number of nitrogens with zero attached hydrogens (tertiary/aromatic N) is 1. The van der Waals surface area contributed by atoms with Gasteiger partial charge in [-0.15, -0.1) is 0 Å². The smallest absolute Gasteiger partial charge is 0.179 e. The number of carbonyl (C=O) groups is 2. The summed E-state index contributed by atoms with van der Waals surface area (Å²) in [5.74, 6) is 0.894. The van der Waals surface area contributed by atoms with E-state index in [1.54, 1.807) is 0 Å². The normalized spacial score (nSPS) is 21.2. The molecular formula is C31H42ClNO4. The molecule has 0 radical (unpaired) electrons. The van der Waals surface area contributed by atoms with Crippen molar-refractivity contribution in [1.29, 1.82) is 0 Å². The predicted octanol–water partition coefficient (Wildman–Crippen LogP) is 7.62. The van der Waals surface area contributed by atoms with E-state index in [0.717, 1.165) is 60.3 Å². The molecule has 37 heavy (non-hydrogen) atoms. The Labute approximate surface area is 227 Å². The summed E-state index contributed by atoms with van der Waals surface area (Å²) in [5, 5.41) is 0.446. The molecule has 3 aliphatic rings. The van der Waals surface area contributed by atoms with Crippen molar-refractivity contribution in [2.45, 2.75) is 92.9 Å². The van der Waals surface area contributed by atoms with Gasteiger partial charge < -0.3 is 14.4 Å². The molecule has 1 heterocycles. The standard InChI is InChI=1S/C31H42ClNO4/c1-8-11-33-21-15-30(4,5)17-23(34)27(21)26(28-22(33)16-31(6,7)18-24(28)35)19-13-20(32)29(37-12-9-2)25(14-19)36-10-3/h13-14,26H,8-12,15-18H2,1-7H3. The van der Waals surface area contributed by atoms with Crippen molar-refractivity contribution in [2.24, 2.45) is 10.8 Å². The lowest BCUT2D eigenvalue weighted by atomic mass is 9.63. The molecule has 0 unspecified atom stereocenters. The zero-order chi connectivity index (χ0) is 27.1.